The van der Waals surface area contributed by atoms with Crippen molar-refractivity contribution in [2.45, 2.75) is 26.2 Å². The van der Waals surface area contributed by atoms with Crippen LogP contribution in [0.2, 0.25) is 0 Å². The van der Waals surface area contributed by atoms with Crippen LogP contribution in [0.4, 0.5) is 0 Å². The molecule has 0 spiro atoms. The van der Waals surface area contributed by atoms with Gasteiger partial charge in [0.1, 0.15) is 24.7 Å². The van der Waals surface area contributed by atoms with Crippen LogP contribution < -0.4 is 9.47 Å². The molecular formula is C36H38O8. The zero-order valence-electron chi connectivity index (χ0n) is 25.2. The lowest BCUT2D eigenvalue weighted by atomic mass is 10.0. The molecule has 0 fully saturated rings. The standard InChI is InChI=1S/C36H38O8/c1-26(2)35(38)44-24-23-42-33-19-15-31(16-20-33)30-13-9-28(10-14-30)7-8-29-11-17-32(18-12-29)41-21-5-6-22-43-36(39)27(3)25-34(37)40-4/h7-20H,1,3,5-6,21-25H2,2,4H3/b8-7+. The molecule has 0 aliphatic carbocycles. The van der Waals surface area contributed by atoms with E-state index < -0.39 is 17.9 Å². The predicted molar refractivity (Wildman–Crippen MR) is 170 cm³/mol. The van der Waals surface area contributed by atoms with Crippen molar-refractivity contribution in [1.82, 2.24) is 0 Å². The maximum atomic E-state index is 11.8. The van der Waals surface area contributed by atoms with Gasteiger partial charge in [-0.05, 0) is 66.3 Å². The van der Waals surface area contributed by atoms with E-state index in [1.54, 1.807) is 6.92 Å². The lowest BCUT2D eigenvalue weighted by molar-refractivity contribution is -0.144. The summed E-state index contributed by atoms with van der Waals surface area (Å²) in [4.78, 5) is 34.4. The van der Waals surface area contributed by atoms with Crippen molar-refractivity contribution in [3.63, 3.8) is 0 Å². The number of hydrogen-bond acceptors (Lipinski definition) is 8. The fraction of sp³-hybridized carbons (Fsp3) is 0.250. The molecular weight excluding hydrogens is 560 g/mol. The summed E-state index contributed by atoms with van der Waals surface area (Å²) >= 11 is 0. The van der Waals surface area contributed by atoms with Crippen LogP contribution in [0.25, 0.3) is 23.3 Å². The monoisotopic (exact) mass is 598 g/mol. The lowest BCUT2D eigenvalue weighted by Crippen LogP contribution is -2.13. The van der Waals surface area contributed by atoms with Crippen LogP contribution >= 0.6 is 0 Å². The van der Waals surface area contributed by atoms with Crippen molar-refractivity contribution < 1.29 is 38.1 Å². The smallest absolute Gasteiger partial charge is 0.333 e. The Hall–Kier alpha value is -5.11. The molecule has 0 saturated heterocycles. The SMILES string of the molecule is C=C(C)C(=O)OCCOc1ccc(-c2ccc(/C=C/c3ccc(OCCCCOC(=O)C(=C)CC(=O)OC)cc3)cc2)cc1. The van der Waals surface area contributed by atoms with E-state index in [1.165, 1.54) is 7.11 Å². The molecule has 0 aliphatic heterocycles. The van der Waals surface area contributed by atoms with Gasteiger partial charge in [0.25, 0.3) is 0 Å². The average molecular weight is 599 g/mol. The Morgan fingerprint density at radius 1 is 0.636 bits per heavy atom. The first-order chi connectivity index (χ1) is 21.2. The summed E-state index contributed by atoms with van der Waals surface area (Å²) in [5.74, 6) is -0.0714. The van der Waals surface area contributed by atoms with Gasteiger partial charge < -0.3 is 23.7 Å². The van der Waals surface area contributed by atoms with Gasteiger partial charge in [0.05, 0.1) is 26.7 Å². The molecule has 0 atom stereocenters. The van der Waals surface area contributed by atoms with E-state index >= 15 is 0 Å². The van der Waals surface area contributed by atoms with Crippen LogP contribution in [0.1, 0.15) is 37.3 Å². The summed E-state index contributed by atoms with van der Waals surface area (Å²) in [5, 5.41) is 0. The Morgan fingerprint density at radius 2 is 1.11 bits per heavy atom. The molecule has 0 amide bonds. The van der Waals surface area contributed by atoms with Gasteiger partial charge in [-0.15, -0.1) is 0 Å². The highest BCUT2D eigenvalue weighted by atomic mass is 16.6. The molecule has 0 unspecified atom stereocenters. The number of benzene rings is 3. The number of esters is 3. The van der Waals surface area contributed by atoms with Crippen LogP contribution in [0.3, 0.4) is 0 Å². The zero-order chi connectivity index (χ0) is 31.7. The molecule has 3 rings (SSSR count). The van der Waals surface area contributed by atoms with Gasteiger partial charge in [-0.3, -0.25) is 4.79 Å². The van der Waals surface area contributed by atoms with E-state index in [2.05, 4.69) is 48.2 Å². The van der Waals surface area contributed by atoms with Crippen molar-refractivity contribution in [3.8, 4) is 22.6 Å². The molecule has 0 bridgehead atoms. The van der Waals surface area contributed by atoms with Crippen LogP contribution in [0.5, 0.6) is 11.5 Å². The highest BCUT2D eigenvalue weighted by Crippen LogP contribution is 2.24. The Morgan fingerprint density at radius 3 is 1.68 bits per heavy atom. The van der Waals surface area contributed by atoms with Crippen molar-refractivity contribution in [2.24, 2.45) is 0 Å². The third kappa shape index (κ3) is 11.6. The van der Waals surface area contributed by atoms with Gasteiger partial charge in [-0.2, -0.15) is 0 Å². The second-order valence-corrected chi connectivity index (χ2v) is 9.86. The van der Waals surface area contributed by atoms with Crippen LogP contribution in [-0.4, -0.2) is 51.4 Å². The molecule has 0 radical (unpaired) electrons. The van der Waals surface area contributed by atoms with Crippen molar-refractivity contribution in [2.75, 3.05) is 33.5 Å². The van der Waals surface area contributed by atoms with E-state index in [0.717, 1.165) is 28.0 Å². The second kappa shape index (κ2) is 17.8. The van der Waals surface area contributed by atoms with Crippen LogP contribution in [0.15, 0.2) is 97.1 Å². The van der Waals surface area contributed by atoms with E-state index in [4.69, 9.17) is 18.9 Å². The number of ether oxygens (including phenoxy) is 5. The van der Waals surface area contributed by atoms with Gasteiger partial charge in [0, 0.05) is 11.1 Å². The van der Waals surface area contributed by atoms with E-state index in [-0.39, 0.29) is 31.8 Å². The van der Waals surface area contributed by atoms with Gasteiger partial charge in [0.2, 0.25) is 0 Å². The zero-order valence-corrected chi connectivity index (χ0v) is 25.2. The van der Waals surface area contributed by atoms with Crippen LogP contribution in [0, 0.1) is 0 Å². The van der Waals surface area contributed by atoms with Gasteiger partial charge >= 0.3 is 17.9 Å². The first-order valence-corrected chi connectivity index (χ1v) is 14.2. The molecule has 0 aromatic heterocycles. The molecule has 8 nitrogen and oxygen atoms in total. The number of carbonyl (C=O) groups is 3. The van der Waals surface area contributed by atoms with E-state index in [9.17, 15) is 14.4 Å². The molecule has 0 aliphatic rings. The maximum absolute atomic E-state index is 11.8. The Labute approximate surface area is 258 Å². The molecule has 3 aromatic rings. The lowest BCUT2D eigenvalue weighted by Gasteiger charge is -2.08. The normalized spacial score (nSPS) is 10.6. The Balaban J connectivity index is 1.36. The topological polar surface area (TPSA) is 97.4 Å². The van der Waals surface area contributed by atoms with Gasteiger partial charge in [-0.1, -0.05) is 73.8 Å². The molecule has 8 heteroatoms. The molecule has 230 valence electrons. The highest BCUT2D eigenvalue weighted by Gasteiger charge is 2.13. The quantitative estimate of drug-likeness (QED) is 0.0548. The second-order valence-electron chi connectivity index (χ2n) is 9.86. The van der Waals surface area contributed by atoms with E-state index in [0.29, 0.717) is 30.8 Å². The number of rotatable bonds is 17. The Kier molecular flexibility index (Phi) is 13.5. The fourth-order valence-electron chi connectivity index (χ4n) is 3.79. The first kappa shape index (κ1) is 33.4. The molecule has 44 heavy (non-hydrogen) atoms. The van der Waals surface area contributed by atoms with Crippen molar-refractivity contribution in [3.05, 3.63) is 108 Å². The molecule has 0 saturated carbocycles. The number of hydrogen-bond donors (Lipinski definition) is 0. The van der Waals surface area contributed by atoms with Crippen LogP contribution in [-0.2, 0) is 28.6 Å². The average Bonchev–Trinajstić information content (AvgIpc) is 3.04. The van der Waals surface area contributed by atoms with Crippen molar-refractivity contribution >= 4 is 30.1 Å². The number of methoxy groups -OCH3 is 1. The van der Waals surface area contributed by atoms with E-state index in [1.807, 2.05) is 54.6 Å². The fourth-order valence-corrected chi connectivity index (χ4v) is 3.79. The summed E-state index contributed by atoms with van der Waals surface area (Å²) < 4.78 is 26.1. The number of unbranched alkanes of at least 4 members (excludes halogenated alkanes) is 1. The predicted octanol–water partition coefficient (Wildman–Crippen LogP) is 6.84. The molecule has 0 N–H and O–H groups in total. The summed E-state index contributed by atoms with van der Waals surface area (Å²) in [5.41, 5.74) is 4.72. The Bertz CT molecular complexity index is 1430. The first-order valence-electron chi connectivity index (χ1n) is 14.2. The summed E-state index contributed by atoms with van der Waals surface area (Å²) in [7, 11) is 1.25. The minimum Gasteiger partial charge on any atom is -0.494 e. The van der Waals surface area contributed by atoms with Gasteiger partial charge in [-0.25, -0.2) is 9.59 Å². The minimum absolute atomic E-state index is 0.0756. The summed E-state index contributed by atoms with van der Waals surface area (Å²) in [6.07, 6.45) is 5.26. The summed E-state index contributed by atoms with van der Waals surface area (Å²) in [6.45, 7) is 9.86. The van der Waals surface area contributed by atoms with Gasteiger partial charge in [0.15, 0.2) is 0 Å². The maximum Gasteiger partial charge on any atom is 0.333 e. The molecule has 3 aromatic carbocycles. The third-order valence-corrected chi connectivity index (χ3v) is 6.29. The van der Waals surface area contributed by atoms with Crippen molar-refractivity contribution in [1.29, 1.82) is 0 Å². The minimum atomic E-state index is -0.592. The number of carbonyl (C=O) groups excluding carboxylic acids is 3. The summed E-state index contributed by atoms with van der Waals surface area (Å²) in [6, 6.07) is 23.9. The third-order valence-electron chi connectivity index (χ3n) is 6.29. The molecule has 0 heterocycles. The highest BCUT2D eigenvalue weighted by molar-refractivity contribution is 5.93. The largest absolute Gasteiger partial charge is 0.494 e.